The van der Waals surface area contributed by atoms with Gasteiger partial charge in [-0.3, -0.25) is 0 Å². The molecular weight excluding hydrogens is 232 g/mol. The molecule has 0 saturated carbocycles. The fraction of sp³-hybridized carbons (Fsp3) is 0.333. The molecule has 2 aromatic heterocycles. The molecule has 2 heterocycles. The summed E-state index contributed by atoms with van der Waals surface area (Å²) >= 11 is 1.54. The van der Waals surface area contributed by atoms with Gasteiger partial charge >= 0.3 is 0 Å². The van der Waals surface area contributed by atoms with E-state index in [0.717, 1.165) is 30.2 Å². The molecule has 2 rings (SSSR count). The number of nitriles is 1. The van der Waals surface area contributed by atoms with Gasteiger partial charge in [0.15, 0.2) is 0 Å². The van der Waals surface area contributed by atoms with Gasteiger partial charge in [-0.2, -0.15) is 5.26 Å². The molecule has 0 atom stereocenters. The van der Waals surface area contributed by atoms with Gasteiger partial charge in [0.25, 0.3) is 0 Å². The summed E-state index contributed by atoms with van der Waals surface area (Å²) < 4.78 is 2.03. The maximum absolute atomic E-state index is 8.71. The number of aromatic nitrogens is 2. The zero-order valence-corrected chi connectivity index (χ0v) is 10.5. The van der Waals surface area contributed by atoms with Gasteiger partial charge in [0.2, 0.25) is 0 Å². The van der Waals surface area contributed by atoms with Crippen LogP contribution in [0.15, 0.2) is 24.5 Å². The number of nitrogens with zero attached hydrogens (tertiary/aromatic N) is 3. The average molecular weight is 246 g/mol. The van der Waals surface area contributed by atoms with Crippen LogP contribution in [-0.4, -0.2) is 16.1 Å². The lowest BCUT2D eigenvalue weighted by Gasteiger charge is -2.03. The summed E-state index contributed by atoms with van der Waals surface area (Å²) in [6.45, 7) is 1.71. The molecule has 0 saturated heterocycles. The number of nitrogens with one attached hydrogen (secondary N) is 1. The largest absolute Gasteiger partial charge is 0.338 e. The van der Waals surface area contributed by atoms with Crippen LogP contribution in [0.3, 0.4) is 0 Å². The Morgan fingerprint density at radius 2 is 2.41 bits per heavy atom. The topological polar surface area (TPSA) is 53.6 Å². The van der Waals surface area contributed by atoms with Crippen molar-refractivity contribution >= 4 is 11.3 Å². The molecule has 17 heavy (non-hydrogen) atoms. The van der Waals surface area contributed by atoms with Gasteiger partial charge in [-0.25, -0.2) is 4.98 Å². The Labute approximate surface area is 105 Å². The van der Waals surface area contributed by atoms with Crippen molar-refractivity contribution in [1.29, 1.82) is 5.26 Å². The summed E-state index contributed by atoms with van der Waals surface area (Å²) in [5, 5.41) is 12.1. The average Bonchev–Trinajstić information content (AvgIpc) is 2.94. The van der Waals surface area contributed by atoms with Crippen molar-refractivity contribution in [2.75, 3.05) is 6.54 Å². The molecule has 1 N–H and O–H groups in total. The van der Waals surface area contributed by atoms with E-state index in [-0.39, 0.29) is 0 Å². The van der Waals surface area contributed by atoms with Crippen LogP contribution in [0.1, 0.15) is 15.6 Å². The molecule has 0 unspecified atom stereocenters. The van der Waals surface area contributed by atoms with E-state index in [0.29, 0.717) is 0 Å². The summed E-state index contributed by atoms with van der Waals surface area (Å²) in [6, 6.07) is 6.00. The Balaban J connectivity index is 1.73. The first-order valence-electron chi connectivity index (χ1n) is 5.45. The Morgan fingerprint density at radius 3 is 3.06 bits per heavy atom. The number of hydrogen-bond donors (Lipinski definition) is 1. The summed E-state index contributed by atoms with van der Waals surface area (Å²) in [5.41, 5.74) is 0. The van der Waals surface area contributed by atoms with E-state index in [1.807, 2.05) is 36.1 Å². The highest BCUT2D eigenvalue weighted by Crippen LogP contribution is 2.14. The number of thiophene rings is 1. The Morgan fingerprint density at radius 1 is 1.53 bits per heavy atom. The lowest BCUT2D eigenvalue weighted by Crippen LogP contribution is -2.17. The first-order chi connectivity index (χ1) is 8.29. The maximum Gasteiger partial charge on any atom is 0.110 e. The van der Waals surface area contributed by atoms with Crippen LogP contribution in [0.25, 0.3) is 0 Å². The van der Waals surface area contributed by atoms with E-state index in [2.05, 4.69) is 16.4 Å². The molecule has 0 aliphatic rings. The van der Waals surface area contributed by atoms with Crippen LogP contribution in [0.2, 0.25) is 0 Å². The van der Waals surface area contributed by atoms with Gasteiger partial charge in [0, 0.05) is 43.8 Å². The molecule has 0 spiro atoms. The summed E-state index contributed by atoms with van der Waals surface area (Å²) in [6.07, 6.45) is 4.68. The Hall–Kier alpha value is -1.64. The molecule has 2 aromatic rings. The third-order valence-electron chi connectivity index (χ3n) is 2.52. The number of imidazole rings is 1. The standard InChI is InChI=1S/C12H14N4S/c1-16-7-6-15-12(16)4-5-14-9-11-3-2-10(8-13)17-11/h2-3,6-7,14H,4-5,9H2,1H3. The van der Waals surface area contributed by atoms with Crippen LogP contribution >= 0.6 is 11.3 Å². The molecule has 0 amide bonds. The molecular formula is C12H14N4S. The third-order valence-corrected chi connectivity index (χ3v) is 3.51. The molecule has 88 valence electrons. The second-order valence-corrected chi connectivity index (χ2v) is 4.93. The zero-order valence-electron chi connectivity index (χ0n) is 9.68. The van der Waals surface area contributed by atoms with Crippen LogP contribution in [0.5, 0.6) is 0 Å². The first kappa shape index (κ1) is 11.8. The highest BCUT2D eigenvalue weighted by atomic mass is 32.1. The van der Waals surface area contributed by atoms with Gasteiger partial charge in [-0.05, 0) is 12.1 Å². The fourth-order valence-corrected chi connectivity index (χ4v) is 2.36. The van der Waals surface area contributed by atoms with Crippen LogP contribution < -0.4 is 5.32 Å². The SMILES string of the molecule is Cn1ccnc1CCNCc1ccc(C#N)s1. The lowest BCUT2D eigenvalue weighted by molar-refractivity contribution is 0.659. The van der Waals surface area contributed by atoms with E-state index in [1.165, 1.54) is 16.2 Å². The number of aryl methyl sites for hydroxylation is 1. The highest BCUT2D eigenvalue weighted by Gasteiger charge is 2.00. The van der Waals surface area contributed by atoms with Crippen LogP contribution in [-0.2, 0) is 20.0 Å². The minimum Gasteiger partial charge on any atom is -0.338 e. The Bertz CT molecular complexity index is 521. The minimum atomic E-state index is 0.769. The first-order valence-corrected chi connectivity index (χ1v) is 6.27. The van der Waals surface area contributed by atoms with Crippen molar-refractivity contribution in [1.82, 2.24) is 14.9 Å². The van der Waals surface area contributed by atoms with Crippen molar-refractivity contribution in [2.45, 2.75) is 13.0 Å². The molecule has 0 bridgehead atoms. The molecule has 0 aliphatic carbocycles. The lowest BCUT2D eigenvalue weighted by atomic mass is 10.4. The molecule has 0 aliphatic heterocycles. The van der Waals surface area contributed by atoms with E-state index in [9.17, 15) is 0 Å². The van der Waals surface area contributed by atoms with Crippen molar-refractivity contribution < 1.29 is 0 Å². The van der Waals surface area contributed by atoms with Crippen molar-refractivity contribution in [3.8, 4) is 6.07 Å². The zero-order chi connectivity index (χ0) is 12.1. The summed E-state index contributed by atoms with van der Waals surface area (Å²) in [7, 11) is 2.00. The molecule has 5 heteroatoms. The van der Waals surface area contributed by atoms with E-state index in [4.69, 9.17) is 5.26 Å². The predicted molar refractivity (Wildman–Crippen MR) is 67.7 cm³/mol. The third kappa shape index (κ3) is 3.16. The van der Waals surface area contributed by atoms with E-state index >= 15 is 0 Å². The normalized spacial score (nSPS) is 10.4. The van der Waals surface area contributed by atoms with Gasteiger partial charge in [-0.1, -0.05) is 0 Å². The fourth-order valence-electron chi connectivity index (χ4n) is 1.58. The van der Waals surface area contributed by atoms with Crippen LogP contribution in [0.4, 0.5) is 0 Å². The van der Waals surface area contributed by atoms with Crippen molar-refractivity contribution in [3.05, 3.63) is 40.1 Å². The Kier molecular flexibility index (Phi) is 3.91. The van der Waals surface area contributed by atoms with E-state index in [1.54, 1.807) is 0 Å². The summed E-state index contributed by atoms with van der Waals surface area (Å²) in [5.74, 6) is 1.08. The number of rotatable bonds is 5. The molecule has 0 aromatic carbocycles. The minimum absolute atomic E-state index is 0.769. The van der Waals surface area contributed by atoms with Gasteiger partial charge in [0.1, 0.15) is 16.8 Å². The maximum atomic E-state index is 8.71. The second-order valence-electron chi connectivity index (χ2n) is 3.76. The predicted octanol–water partition coefficient (Wildman–Crippen LogP) is 1.69. The van der Waals surface area contributed by atoms with Crippen molar-refractivity contribution in [3.63, 3.8) is 0 Å². The highest BCUT2D eigenvalue weighted by molar-refractivity contribution is 7.12. The number of hydrogen-bond acceptors (Lipinski definition) is 4. The smallest absolute Gasteiger partial charge is 0.110 e. The molecule has 4 nitrogen and oxygen atoms in total. The van der Waals surface area contributed by atoms with Crippen LogP contribution in [0, 0.1) is 11.3 Å². The molecule has 0 fully saturated rings. The van der Waals surface area contributed by atoms with Gasteiger partial charge in [0.05, 0.1) is 0 Å². The molecule has 0 radical (unpaired) electrons. The van der Waals surface area contributed by atoms with E-state index < -0.39 is 0 Å². The van der Waals surface area contributed by atoms with Crippen molar-refractivity contribution in [2.24, 2.45) is 7.05 Å². The van der Waals surface area contributed by atoms with Gasteiger partial charge in [-0.15, -0.1) is 11.3 Å². The summed E-state index contributed by atoms with van der Waals surface area (Å²) in [4.78, 5) is 6.23. The quantitative estimate of drug-likeness (QED) is 0.817. The second kappa shape index (κ2) is 5.62. The monoisotopic (exact) mass is 246 g/mol. The van der Waals surface area contributed by atoms with Gasteiger partial charge < -0.3 is 9.88 Å².